The van der Waals surface area contributed by atoms with Gasteiger partial charge in [0.25, 0.3) is 0 Å². The molecular weight excluding hydrogens is 222 g/mol. The number of carbonyl (C=O) groups is 1. The summed E-state index contributed by atoms with van der Waals surface area (Å²) in [7, 11) is 1.38. The first-order valence-corrected chi connectivity index (χ1v) is 6.11. The maximum Gasteiger partial charge on any atom is 0.339 e. The lowest BCUT2D eigenvalue weighted by Gasteiger charge is -2.12. The fraction of sp³-hybridized carbons (Fsp3) is 0.417. The van der Waals surface area contributed by atoms with Gasteiger partial charge in [0.1, 0.15) is 0 Å². The lowest BCUT2D eigenvalue weighted by Crippen LogP contribution is -2.05. The predicted octanol–water partition coefficient (Wildman–Crippen LogP) is 2.95. The first-order chi connectivity index (χ1) is 7.58. The fourth-order valence-corrected chi connectivity index (χ4v) is 2.24. The van der Waals surface area contributed by atoms with Crippen molar-refractivity contribution in [3.05, 3.63) is 23.8 Å². The van der Waals surface area contributed by atoms with Crippen molar-refractivity contribution in [2.45, 2.75) is 30.4 Å². The van der Waals surface area contributed by atoms with Crippen molar-refractivity contribution in [2.24, 2.45) is 0 Å². The lowest BCUT2D eigenvalue weighted by atomic mass is 10.2. The van der Waals surface area contributed by atoms with Gasteiger partial charge in [0.15, 0.2) is 0 Å². The molecule has 3 nitrogen and oxygen atoms in total. The Morgan fingerprint density at radius 1 is 1.56 bits per heavy atom. The molecule has 0 bridgehead atoms. The summed E-state index contributed by atoms with van der Waals surface area (Å²) in [6, 6.07) is 5.34. The highest BCUT2D eigenvalue weighted by Gasteiger charge is 2.14. The lowest BCUT2D eigenvalue weighted by molar-refractivity contribution is 0.0597. The Morgan fingerprint density at radius 2 is 2.25 bits per heavy atom. The maximum absolute atomic E-state index is 11.6. The van der Waals surface area contributed by atoms with E-state index in [1.807, 2.05) is 6.07 Å². The molecule has 16 heavy (non-hydrogen) atoms. The first-order valence-electron chi connectivity index (χ1n) is 5.23. The Hall–Kier alpha value is -1.16. The van der Waals surface area contributed by atoms with E-state index in [0.717, 1.165) is 11.3 Å². The third-order valence-electron chi connectivity index (χ3n) is 2.31. The summed E-state index contributed by atoms with van der Waals surface area (Å²) in [6.07, 6.45) is 1.05. The fourth-order valence-electron chi connectivity index (χ4n) is 1.22. The molecule has 1 aromatic rings. The number of methoxy groups -OCH3 is 1. The smallest absolute Gasteiger partial charge is 0.339 e. The average Bonchev–Trinajstić information content (AvgIpc) is 2.30. The zero-order chi connectivity index (χ0) is 12.1. The summed E-state index contributed by atoms with van der Waals surface area (Å²) < 4.78 is 4.74. The molecule has 1 aromatic carbocycles. The number of anilines is 1. The number of rotatable bonds is 4. The second-order valence-electron chi connectivity index (χ2n) is 3.58. The molecule has 1 unspecified atom stereocenters. The highest BCUT2D eigenvalue weighted by Crippen LogP contribution is 2.30. The van der Waals surface area contributed by atoms with Gasteiger partial charge in [-0.2, -0.15) is 0 Å². The number of hydrogen-bond donors (Lipinski definition) is 1. The van der Waals surface area contributed by atoms with Gasteiger partial charge >= 0.3 is 5.97 Å². The molecule has 0 aliphatic rings. The zero-order valence-electron chi connectivity index (χ0n) is 9.82. The van der Waals surface area contributed by atoms with Crippen LogP contribution in [-0.2, 0) is 4.74 Å². The third kappa shape index (κ3) is 3.17. The van der Waals surface area contributed by atoms with Gasteiger partial charge in [0.2, 0.25) is 0 Å². The average molecular weight is 239 g/mol. The standard InChI is InChI=1S/C12H17NO2S/c1-4-8(2)16-11-6-5-9(13)7-10(11)12(14)15-3/h5-8H,4,13H2,1-3H3. The van der Waals surface area contributed by atoms with Crippen molar-refractivity contribution in [3.63, 3.8) is 0 Å². The van der Waals surface area contributed by atoms with Gasteiger partial charge in [-0.25, -0.2) is 4.79 Å². The molecule has 4 heteroatoms. The molecule has 2 N–H and O–H groups in total. The summed E-state index contributed by atoms with van der Waals surface area (Å²) in [5.74, 6) is -0.335. The summed E-state index contributed by atoms with van der Waals surface area (Å²) >= 11 is 1.67. The third-order valence-corrected chi connectivity index (χ3v) is 3.66. The number of nitrogen functional groups attached to an aromatic ring is 1. The Bertz CT molecular complexity index is 379. The summed E-state index contributed by atoms with van der Waals surface area (Å²) in [4.78, 5) is 12.5. The molecule has 0 amide bonds. The quantitative estimate of drug-likeness (QED) is 0.498. The molecular formula is C12H17NO2S. The van der Waals surface area contributed by atoms with Gasteiger partial charge in [-0.05, 0) is 24.6 Å². The molecule has 1 rings (SSSR count). The molecule has 0 saturated heterocycles. The number of carbonyl (C=O) groups excluding carboxylic acids is 1. The van der Waals surface area contributed by atoms with Crippen LogP contribution in [0, 0.1) is 0 Å². The van der Waals surface area contributed by atoms with Crippen molar-refractivity contribution < 1.29 is 9.53 Å². The van der Waals surface area contributed by atoms with Crippen LogP contribution in [0.5, 0.6) is 0 Å². The van der Waals surface area contributed by atoms with Crippen LogP contribution in [0.1, 0.15) is 30.6 Å². The van der Waals surface area contributed by atoms with Crippen LogP contribution in [0.3, 0.4) is 0 Å². The molecule has 0 fully saturated rings. The second-order valence-corrected chi connectivity index (χ2v) is 5.06. The molecule has 88 valence electrons. The van der Waals surface area contributed by atoms with Crippen LogP contribution in [-0.4, -0.2) is 18.3 Å². The van der Waals surface area contributed by atoms with Gasteiger partial charge in [0, 0.05) is 15.8 Å². The van der Waals surface area contributed by atoms with E-state index >= 15 is 0 Å². The number of hydrogen-bond acceptors (Lipinski definition) is 4. The maximum atomic E-state index is 11.6. The van der Waals surface area contributed by atoms with Crippen molar-refractivity contribution in [3.8, 4) is 0 Å². The van der Waals surface area contributed by atoms with Gasteiger partial charge < -0.3 is 10.5 Å². The number of benzene rings is 1. The molecule has 1 atom stereocenters. The Kier molecular flexibility index (Phi) is 4.68. The molecule has 0 spiro atoms. The normalized spacial score (nSPS) is 12.2. The number of nitrogens with two attached hydrogens (primary N) is 1. The van der Waals surface area contributed by atoms with Crippen molar-refractivity contribution >= 4 is 23.4 Å². The molecule has 0 aliphatic heterocycles. The topological polar surface area (TPSA) is 52.3 Å². The van der Waals surface area contributed by atoms with Crippen LogP contribution < -0.4 is 5.73 Å². The van der Waals surface area contributed by atoms with Crippen LogP contribution >= 0.6 is 11.8 Å². The van der Waals surface area contributed by atoms with E-state index in [0.29, 0.717) is 16.5 Å². The van der Waals surface area contributed by atoms with E-state index in [9.17, 15) is 4.79 Å². The second kappa shape index (κ2) is 5.80. The van der Waals surface area contributed by atoms with Crippen molar-refractivity contribution in [1.82, 2.24) is 0 Å². The number of thioether (sulfide) groups is 1. The Balaban J connectivity index is 3.02. The van der Waals surface area contributed by atoms with Crippen LogP contribution in [0.2, 0.25) is 0 Å². The minimum atomic E-state index is -0.335. The van der Waals surface area contributed by atoms with Crippen LogP contribution in [0.15, 0.2) is 23.1 Å². The van der Waals surface area contributed by atoms with E-state index in [2.05, 4.69) is 13.8 Å². The van der Waals surface area contributed by atoms with Crippen LogP contribution in [0.25, 0.3) is 0 Å². The van der Waals surface area contributed by atoms with E-state index < -0.39 is 0 Å². The van der Waals surface area contributed by atoms with Crippen molar-refractivity contribution in [1.29, 1.82) is 0 Å². The zero-order valence-corrected chi connectivity index (χ0v) is 10.6. The van der Waals surface area contributed by atoms with E-state index in [1.165, 1.54) is 7.11 Å². The monoisotopic (exact) mass is 239 g/mol. The van der Waals surface area contributed by atoms with Gasteiger partial charge in [-0.3, -0.25) is 0 Å². The number of ether oxygens (including phenoxy) is 1. The minimum absolute atomic E-state index is 0.335. The Labute approximate surface area is 100 Å². The van der Waals surface area contributed by atoms with Gasteiger partial charge in [0.05, 0.1) is 12.7 Å². The molecule has 0 saturated carbocycles. The van der Waals surface area contributed by atoms with E-state index in [-0.39, 0.29) is 5.97 Å². The van der Waals surface area contributed by atoms with Gasteiger partial charge in [-0.15, -0.1) is 11.8 Å². The summed E-state index contributed by atoms with van der Waals surface area (Å²) in [5, 5.41) is 0.465. The molecule has 0 radical (unpaired) electrons. The molecule has 0 heterocycles. The SMILES string of the molecule is CCC(C)Sc1ccc(N)cc1C(=O)OC. The molecule has 0 aliphatic carbocycles. The van der Waals surface area contributed by atoms with Crippen molar-refractivity contribution in [2.75, 3.05) is 12.8 Å². The summed E-state index contributed by atoms with van der Waals surface area (Å²) in [5.41, 5.74) is 6.79. The first kappa shape index (κ1) is 12.9. The van der Waals surface area contributed by atoms with E-state index in [4.69, 9.17) is 10.5 Å². The highest BCUT2D eigenvalue weighted by atomic mass is 32.2. The Morgan fingerprint density at radius 3 is 2.81 bits per heavy atom. The van der Waals surface area contributed by atoms with Gasteiger partial charge in [-0.1, -0.05) is 13.8 Å². The van der Waals surface area contributed by atoms with E-state index in [1.54, 1.807) is 23.9 Å². The molecule has 0 aromatic heterocycles. The number of esters is 1. The minimum Gasteiger partial charge on any atom is -0.465 e. The van der Waals surface area contributed by atoms with Crippen LogP contribution in [0.4, 0.5) is 5.69 Å². The largest absolute Gasteiger partial charge is 0.465 e. The summed E-state index contributed by atoms with van der Waals surface area (Å²) in [6.45, 7) is 4.24. The highest BCUT2D eigenvalue weighted by molar-refractivity contribution is 8.00. The predicted molar refractivity (Wildman–Crippen MR) is 67.8 cm³/mol.